The monoisotopic (exact) mass is 373 g/mol. The summed E-state index contributed by atoms with van der Waals surface area (Å²) >= 11 is 1.51. The van der Waals surface area contributed by atoms with Crippen molar-refractivity contribution < 1.29 is 19.1 Å². The van der Waals surface area contributed by atoms with Gasteiger partial charge in [0.1, 0.15) is 5.75 Å². The summed E-state index contributed by atoms with van der Waals surface area (Å²) in [7, 11) is 1.50. The van der Waals surface area contributed by atoms with E-state index in [0.717, 1.165) is 10.4 Å². The van der Waals surface area contributed by atoms with Crippen LogP contribution in [0.3, 0.4) is 0 Å². The van der Waals surface area contributed by atoms with E-state index < -0.39 is 18.5 Å². The molecule has 0 bridgehead atoms. The molecule has 10 heteroatoms. The van der Waals surface area contributed by atoms with Gasteiger partial charge in [0.05, 0.1) is 12.8 Å². The van der Waals surface area contributed by atoms with Crippen molar-refractivity contribution in [3.05, 3.63) is 41.1 Å². The molecule has 0 atom stereocenters. The number of rotatable bonds is 7. The largest absolute Gasteiger partial charge is 0.495 e. The van der Waals surface area contributed by atoms with Crippen LogP contribution in [0.15, 0.2) is 41.1 Å². The van der Waals surface area contributed by atoms with Gasteiger partial charge in [-0.15, -0.1) is 10.2 Å². The molecule has 2 aromatic heterocycles. The van der Waals surface area contributed by atoms with Gasteiger partial charge in [0.15, 0.2) is 13.2 Å². The van der Waals surface area contributed by atoms with Gasteiger partial charge in [0.25, 0.3) is 5.91 Å². The molecule has 26 heavy (non-hydrogen) atoms. The molecule has 3 aromatic rings. The number of carbonyl (C=O) groups excluding carboxylic acids is 2. The number of thiophene rings is 1. The Bertz CT molecular complexity index is 894. The Balaban J connectivity index is 1.49. The molecule has 0 fully saturated rings. The van der Waals surface area contributed by atoms with Gasteiger partial charge in [-0.1, -0.05) is 12.1 Å². The van der Waals surface area contributed by atoms with Gasteiger partial charge in [-0.25, -0.2) is 4.79 Å². The molecule has 0 radical (unpaired) electrons. The van der Waals surface area contributed by atoms with Crippen LogP contribution in [0.2, 0.25) is 0 Å². The average molecular weight is 373 g/mol. The van der Waals surface area contributed by atoms with Gasteiger partial charge in [-0.3, -0.25) is 4.79 Å². The molecule has 0 aliphatic carbocycles. The molecule has 3 rings (SSSR count). The number of amides is 1. The average Bonchev–Trinajstić information content (AvgIpc) is 3.32. The summed E-state index contributed by atoms with van der Waals surface area (Å²) in [5, 5.41) is 18.1. The highest BCUT2D eigenvalue weighted by Gasteiger charge is 2.13. The Morgan fingerprint density at radius 3 is 2.88 bits per heavy atom. The molecule has 1 aromatic carbocycles. The third-order valence-electron chi connectivity index (χ3n) is 3.25. The fourth-order valence-corrected chi connectivity index (χ4v) is 2.69. The van der Waals surface area contributed by atoms with Crippen LogP contribution >= 0.6 is 11.3 Å². The number of benzene rings is 1. The number of aromatic nitrogens is 4. The Kier molecular flexibility index (Phi) is 5.54. The van der Waals surface area contributed by atoms with Gasteiger partial charge < -0.3 is 14.8 Å². The van der Waals surface area contributed by atoms with Crippen LogP contribution in [-0.4, -0.2) is 45.8 Å². The van der Waals surface area contributed by atoms with E-state index in [2.05, 4.69) is 20.7 Å². The van der Waals surface area contributed by atoms with Crippen molar-refractivity contribution in [3.8, 4) is 17.1 Å². The van der Waals surface area contributed by atoms with Gasteiger partial charge in [0.2, 0.25) is 5.82 Å². The number of para-hydroxylation sites is 2. The van der Waals surface area contributed by atoms with Gasteiger partial charge >= 0.3 is 5.97 Å². The summed E-state index contributed by atoms with van der Waals surface area (Å²) in [6.07, 6.45) is 0. The zero-order valence-electron chi connectivity index (χ0n) is 13.8. The summed E-state index contributed by atoms with van der Waals surface area (Å²) in [4.78, 5) is 24.9. The predicted molar refractivity (Wildman–Crippen MR) is 93.7 cm³/mol. The number of nitrogens with one attached hydrogen (secondary N) is 1. The van der Waals surface area contributed by atoms with Gasteiger partial charge in [-0.05, 0) is 28.8 Å². The number of tetrazole rings is 1. The molecule has 1 amide bonds. The lowest BCUT2D eigenvalue weighted by Crippen LogP contribution is -2.23. The van der Waals surface area contributed by atoms with Crippen LogP contribution in [0.4, 0.5) is 5.69 Å². The first-order chi connectivity index (χ1) is 12.7. The van der Waals surface area contributed by atoms with E-state index in [9.17, 15) is 9.59 Å². The van der Waals surface area contributed by atoms with Crippen molar-refractivity contribution in [3.63, 3.8) is 0 Å². The molecule has 0 spiro atoms. The summed E-state index contributed by atoms with van der Waals surface area (Å²) in [6, 6.07) is 8.79. The minimum absolute atomic E-state index is 0.237. The molecule has 2 heterocycles. The molecular formula is C16H15N5O4S. The standard InChI is InChI=1S/C16H15N5O4S/c1-24-13-5-3-2-4-12(13)17-14(22)9-25-15(23)8-21-19-16(18-20-21)11-6-7-26-10-11/h2-7,10H,8-9H2,1H3,(H,17,22). The number of methoxy groups -OCH3 is 1. The van der Waals surface area contributed by atoms with Crippen molar-refractivity contribution in [1.29, 1.82) is 0 Å². The maximum atomic E-state index is 11.9. The number of hydrogen-bond acceptors (Lipinski definition) is 8. The maximum Gasteiger partial charge on any atom is 0.330 e. The van der Waals surface area contributed by atoms with Crippen LogP contribution in [0.1, 0.15) is 0 Å². The second-order valence-electron chi connectivity index (χ2n) is 5.06. The highest BCUT2D eigenvalue weighted by atomic mass is 32.1. The van der Waals surface area contributed by atoms with E-state index in [-0.39, 0.29) is 6.54 Å². The van der Waals surface area contributed by atoms with Gasteiger partial charge in [0, 0.05) is 10.9 Å². The lowest BCUT2D eigenvalue weighted by molar-refractivity contribution is -0.148. The number of ether oxygens (including phenoxy) is 2. The predicted octanol–water partition coefficient (Wildman–Crippen LogP) is 1.59. The zero-order chi connectivity index (χ0) is 18.4. The van der Waals surface area contributed by atoms with Crippen LogP contribution in [0.5, 0.6) is 5.75 Å². The number of esters is 1. The molecule has 1 N–H and O–H groups in total. The third kappa shape index (κ3) is 4.42. The Labute approximate surface area is 152 Å². The second-order valence-corrected chi connectivity index (χ2v) is 5.84. The molecule has 0 unspecified atom stereocenters. The van der Waals surface area contributed by atoms with E-state index in [0.29, 0.717) is 17.3 Å². The van der Waals surface area contributed by atoms with E-state index in [1.165, 1.54) is 18.4 Å². The molecule has 0 saturated heterocycles. The maximum absolute atomic E-state index is 11.9. The first-order valence-corrected chi connectivity index (χ1v) is 8.49. The van der Waals surface area contributed by atoms with Crippen molar-refractivity contribution in [2.24, 2.45) is 0 Å². The first kappa shape index (κ1) is 17.5. The van der Waals surface area contributed by atoms with Crippen molar-refractivity contribution in [1.82, 2.24) is 20.2 Å². The number of anilines is 1. The topological polar surface area (TPSA) is 108 Å². The molecule has 0 aliphatic heterocycles. The fourth-order valence-electron chi connectivity index (χ4n) is 2.06. The van der Waals surface area contributed by atoms with Crippen LogP contribution in [-0.2, 0) is 20.9 Å². The van der Waals surface area contributed by atoms with E-state index in [1.54, 1.807) is 24.3 Å². The minimum atomic E-state index is -0.644. The van der Waals surface area contributed by atoms with Crippen molar-refractivity contribution >= 4 is 28.9 Å². The highest BCUT2D eigenvalue weighted by Crippen LogP contribution is 2.22. The van der Waals surface area contributed by atoms with E-state index in [1.807, 2.05) is 16.8 Å². The number of nitrogens with zero attached hydrogens (tertiary/aromatic N) is 4. The normalized spacial score (nSPS) is 10.3. The SMILES string of the molecule is COc1ccccc1NC(=O)COC(=O)Cn1nnc(-c2ccsc2)n1. The number of carbonyl (C=O) groups is 2. The van der Waals surface area contributed by atoms with Crippen LogP contribution in [0, 0.1) is 0 Å². The number of hydrogen-bond donors (Lipinski definition) is 1. The smallest absolute Gasteiger partial charge is 0.330 e. The highest BCUT2D eigenvalue weighted by molar-refractivity contribution is 7.08. The van der Waals surface area contributed by atoms with Crippen molar-refractivity contribution in [2.45, 2.75) is 6.54 Å². The molecule has 9 nitrogen and oxygen atoms in total. The lowest BCUT2D eigenvalue weighted by Gasteiger charge is -2.09. The van der Waals surface area contributed by atoms with E-state index in [4.69, 9.17) is 9.47 Å². The van der Waals surface area contributed by atoms with Crippen molar-refractivity contribution in [2.75, 3.05) is 19.0 Å². The summed E-state index contributed by atoms with van der Waals surface area (Å²) in [6.45, 7) is -0.665. The van der Waals surface area contributed by atoms with E-state index >= 15 is 0 Å². The Morgan fingerprint density at radius 1 is 1.27 bits per heavy atom. The van der Waals surface area contributed by atoms with Crippen LogP contribution in [0.25, 0.3) is 11.4 Å². The zero-order valence-corrected chi connectivity index (χ0v) is 14.6. The first-order valence-electron chi connectivity index (χ1n) is 7.54. The minimum Gasteiger partial charge on any atom is -0.495 e. The van der Waals surface area contributed by atoms with Gasteiger partial charge in [-0.2, -0.15) is 16.1 Å². The Morgan fingerprint density at radius 2 is 2.12 bits per heavy atom. The third-order valence-corrected chi connectivity index (χ3v) is 3.93. The summed E-state index contributed by atoms with van der Waals surface area (Å²) < 4.78 is 10.1. The lowest BCUT2D eigenvalue weighted by atomic mass is 10.3. The second kappa shape index (κ2) is 8.21. The quantitative estimate of drug-likeness (QED) is 0.627. The molecule has 134 valence electrons. The molecule has 0 saturated carbocycles. The summed E-state index contributed by atoms with van der Waals surface area (Å²) in [5.41, 5.74) is 1.32. The van der Waals surface area contributed by atoms with Crippen LogP contribution < -0.4 is 10.1 Å². The summed E-state index contributed by atoms with van der Waals surface area (Å²) in [5.74, 6) is -0.185. The molecule has 0 aliphatic rings. The fraction of sp³-hybridized carbons (Fsp3) is 0.188. The molecular weight excluding hydrogens is 358 g/mol. The Hall–Kier alpha value is -3.27.